The number of rotatable bonds is 5. The van der Waals surface area contributed by atoms with Crippen LogP contribution in [0.4, 0.5) is 5.69 Å². The number of carbonyl (C=O) groups is 1. The van der Waals surface area contributed by atoms with Crippen LogP contribution in [0, 0.1) is 0 Å². The van der Waals surface area contributed by atoms with Crippen molar-refractivity contribution in [2.45, 2.75) is 6.92 Å². The van der Waals surface area contributed by atoms with Crippen molar-refractivity contribution in [1.29, 1.82) is 0 Å². The SMILES string of the molecule is CSCCN(C)c1ccc(C(C)=O)c(Cl)c1. The zero-order valence-electron chi connectivity index (χ0n) is 9.79. The summed E-state index contributed by atoms with van der Waals surface area (Å²) in [4.78, 5) is 13.3. The van der Waals surface area contributed by atoms with E-state index in [0.29, 0.717) is 10.6 Å². The maximum Gasteiger partial charge on any atom is 0.161 e. The molecule has 0 bridgehead atoms. The third-order valence-corrected chi connectivity index (χ3v) is 3.31. The van der Waals surface area contributed by atoms with Crippen molar-refractivity contribution >= 4 is 34.8 Å². The molecule has 16 heavy (non-hydrogen) atoms. The molecule has 0 unspecified atom stereocenters. The maximum absolute atomic E-state index is 11.2. The highest BCUT2D eigenvalue weighted by atomic mass is 35.5. The minimum absolute atomic E-state index is 0.00307. The lowest BCUT2D eigenvalue weighted by molar-refractivity contribution is 0.101. The topological polar surface area (TPSA) is 20.3 Å². The molecule has 88 valence electrons. The van der Waals surface area contributed by atoms with Gasteiger partial charge in [-0.25, -0.2) is 0 Å². The van der Waals surface area contributed by atoms with E-state index in [4.69, 9.17) is 11.6 Å². The van der Waals surface area contributed by atoms with Gasteiger partial charge in [-0.2, -0.15) is 11.8 Å². The number of ketones is 1. The molecule has 1 rings (SSSR count). The molecule has 0 aliphatic rings. The molecule has 0 saturated carbocycles. The van der Waals surface area contributed by atoms with Gasteiger partial charge in [-0.05, 0) is 31.4 Å². The molecule has 0 aliphatic carbocycles. The molecule has 1 aromatic carbocycles. The van der Waals surface area contributed by atoms with E-state index in [1.165, 1.54) is 6.92 Å². The average molecular weight is 258 g/mol. The average Bonchev–Trinajstić information content (AvgIpc) is 2.25. The number of nitrogens with zero attached hydrogens (tertiary/aromatic N) is 1. The van der Waals surface area contributed by atoms with E-state index in [1.54, 1.807) is 6.07 Å². The van der Waals surface area contributed by atoms with Crippen molar-refractivity contribution in [3.63, 3.8) is 0 Å². The highest BCUT2D eigenvalue weighted by Crippen LogP contribution is 2.23. The number of halogens is 1. The van der Waals surface area contributed by atoms with Gasteiger partial charge in [0, 0.05) is 30.6 Å². The Morgan fingerprint density at radius 1 is 1.50 bits per heavy atom. The summed E-state index contributed by atoms with van der Waals surface area (Å²) in [5.74, 6) is 1.08. The highest BCUT2D eigenvalue weighted by Gasteiger charge is 2.08. The second-order valence-electron chi connectivity index (χ2n) is 3.63. The van der Waals surface area contributed by atoms with Gasteiger partial charge in [0.2, 0.25) is 0 Å². The van der Waals surface area contributed by atoms with Crippen molar-refractivity contribution in [2.24, 2.45) is 0 Å². The van der Waals surface area contributed by atoms with E-state index in [2.05, 4.69) is 11.2 Å². The van der Waals surface area contributed by atoms with Crippen LogP contribution in [0.15, 0.2) is 18.2 Å². The van der Waals surface area contributed by atoms with Gasteiger partial charge in [-0.1, -0.05) is 11.6 Å². The highest BCUT2D eigenvalue weighted by molar-refractivity contribution is 7.98. The molecular formula is C12H16ClNOS. The standard InChI is InChI=1S/C12H16ClNOS/c1-9(15)11-5-4-10(8-12(11)13)14(2)6-7-16-3/h4-5,8H,6-7H2,1-3H3. The third-order valence-electron chi connectivity index (χ3n) is 2.40. The van der Waals surface area contributed by atoms with Gasteiger partial charge >= 0.3 is 0 Å². The van der Waals surface area contributed by atoms with Crippen LogP contribution in [-0.4, -0.2) is 31.4 Å². The Bertz CT molecular complexity index is 381. The monoisotopic (exact) mass is 257 g/mol. The van der Waals surface area contributed by atoms with Crippen LogP contribution in [0.1, 0.15) is 17.3 Å². The summed E-state index contributed by atoms with van der Waals surface area (Å²) in [5.41, 5.74) is 1.63. The van der Waals surface area contributed by atoms with Crippen LogP contribution >= 0.6 is 23.4 Å². The summed E-state index contributed by atoms with van der Waals surface area (Å²) in [5, 5.41) is 0.529. The van der Waals surface area contributed by atoms with Gasteiger partial charge in [0.05, 0.1) is 5.02 Å². The minimum atomic E-state index is 0.00307. The lowest BCUT2D eigenvalue weighted by Crippen LogP contribution is -2.20. The fraction of sp³-hybridized carbons (Fsp3) is 0.417. The predicted octanol–water partition coefficient (Wildman–Crippen LogP) is 3.34. The maximum atomic E-state index is 11.2. The van der Waals surface area contributed by atoms with Gasteiger partial charge in [-0.3, -0.25) is 4.79 Å². The van der Waals surface area contributed by atoms with Crippen LogP contribution in [0.3, 0.4) is 0 Å². The fourth-order valence-electron chi connectivity index (χ4n) is 1.38. The van der Waals surface area contributed by atoms with E-state index in [9.17, 15) is 4.79 Å². The summed E-state index contributed by atoms with van der Waals surface area (Å²) >= 11 is 7.86. The van der Waals surface area contributed by atoms with Crippen molar-refractivity contribution in [3.8, 4) is 0 Å². The zero-order valence-corrected chi connectivity index (χ0v) is 11.4. The van der Waals surface area contributed by atoms with Crippen molar-refractivity contribution < 1.29 is 4.79 Å². The molecule has 0 saturated heterocycles. The largest absolute Gasteiger partial charge is 0.374 e. The first-order valence-electron chi connectivity index (χ1n) is 5.07. The van der Waals surface area contributed by atoms with Gasteiger partial charge in [0.1, 0.15) is 0 Å². The van der Waals surface area contributed by atoms with Crippen molar-refractivity contribution in [1.82, 2.24) is 0 Å². The summed E-state index contributed by atoms with van der Waals surface area (Å²) < 4.78 is 0. The summed E-state index contributed by atoms with van der Waals surface area (Å²) in [7, 11) is 2.02. The first kappa shape index (κ1) is 13.4. The van der Waals surface area contributed by atoms with Gasteiger partial charge < -0.3 is 4.90 Å². The number of hydrogen-bond acceptors (Lipinski definition) is 3. The lowest BCUT2D eigenvalue weighted by Gasteiger charge is -2.19. The molecule has 0 atom stereocenters. The normalized spacial score (nSPS) is 10.2. The second-order valence-corrected chi connectivity index (χ2v) is 5.03. The number of hydrogen-bond donors (Lipinski definition) is 0. The quantitative estimate of drug-likeness (QED) is 0.755. The van der Waals surface area contributed by atoms with E-state index < -0.39 is 0 Å². The first-order valence-corrected chi connectivity index (χ1v) is 6.84. The molecule has 0 radical (unpaired) electrons. The zero-order chi connectivity index (χ0) is 12.1. The van der Waals surface area contributed by atoms with Crippen LogP contribution in [0.2, 0.25) is 5.02 Å². The molecule has 0 N–H and O–H groups in total. The van der Waals surface area contributed by atoms with E-state index in [0.717, 1.165) is 18.0 Å². The smallest absolute Gasteiger partial charge is 0.161 e. The van der Waals surface area contributed by atoms with Crippen LogP contribution in [0.5, 0.6) is 0 Å². The molecule has 0 spiro atoms. The second kappa shape index (κ2) is 6.16. The molecule has 0 heterocycles. The molecule has 2 nitrogen and oxygen atoms in total. The molecule has 0 aromatic heterocycles. The van der Waals surface area contributed by atoms with Gasteiger partial charge in [0.25, 0.3) is 0 Å². The van der Waals surface area contributed by atoms with Gasteiger partial charge in [-0.15, -0.1) is 0 Å². The molecule has 4 heteroatoms. The lowest BCUT2D eigenvalue weighted by atomic mass is 10.1. The molecular weight excluding hydrogens is 242 g/mol. The Morgan fingerprint density at radius 2 is 2.19 bits per heavy atom. The number of benzene rings is 1. The molecule has 0 fully saturated rings. The fourth-order valence-corrected chi connectivity index (χ4v) is 2.15. The number of anilines is 1. The van der Waals surface area contributed by atoms with E-state index in [1.807, 2.05) is 30.9 Å². The Morgan fingerprint density at radius 3 is 2.69 bits per heavy atom. The van der Waals surface area contributed by atoms with E-state index >= 15 is 0 Å². The summed E-state index contributed by atoms with van der Waals surface area (Å²) in [6.45, 7) is 2.50. The number of Topliss-reactive ketones (excluding diaryl/α,β-unsaturated/α-hetero) is 1. The predicted molar refractivity (Wildman–Crippen MR) is 73.1 cm³/mol. The molecule has 0 aliphatic heterocycles. The van der Waals surface area contributed by atoms with Gasteiger partial charge in [0.15, 0.2) is 5.78 Å². The minimum Gasteiger partial charge on any atom is -0.374 e. The Kier molecular flexibility index (Phi) is 5.16. The Balaban J connectivity index is 2.84. The van der Waals surface area contributed by atoms with Crippen molar-refractivity contribution in [2.75, 3.05) is 30.5 Å². The van der Waals surface area contributed by atoms with E-state index in [-0.39, 0.29) is 5.78 Å². The summed E-state index contributed by atoms with van der Waals surface area (Å²) in [6.07, 6.45) is 2.08. The number of thioether (sulfide) groups is 1. The molecule has 0 amide bonds. The van der Waals surface area contributed by atoms with Crippen LogP contribution in [-0.2, 0) is 0 Å². The Hall–Kier alpha value is -0.670. The third kappa shape index (κ3) is 3.42. The number of carbonyl (C=O) groups excluding carboxylic acids is 1. The first-order chi connectivity index (χ1) is 7.56. The Labute approximate surface area is 106 Å². The van der Waals surface area contributed by atoms with Crippen molar-refractivity contribution in [3.05, 3.63) is 28.8 Å². The molecule has 1 aromatic rings. The van der Waals surface area contributed by atoms with Crippen LogP contribution < -0.4 is 4.90 Å². The van der Waals surface area contributed by atoms with Crippen LogP contribution in [0.25, 0.3) is 0 Å². The summed E-state index contributed by atoms with van der Waals surface area (Å²) in [6, 6.07) is 5.57.